The van der Waals surface area contributed by atoms with Gasteiger partial charge < -0.3 is 15.3 Å². The molecule has 0 aromatic carbocycles. The molecule has 0 aliphatic heterocycles. The molecule has 5 heteroatoms. The summed E-state index contributed by atoms with van der Waals surface area (Å²) in [4.78, 5) is 25.3. The van der Waals surface area contributed by atoms with E-state index in [1.807, 2.05) is 13.8 Å². The minimum absolute atomic E-state index is 0.0274. The van der Waals surface area contributed by atoms with Gasteiger partial charge in [-0.1, -0.05) is 26.7 Å². The third kappa shape index (κ3) is 4.20. The topological polar surface area (TPSA) is 69.6 Å². The third-order valence-electron chi connectivity index (χ3n) is 3.83. The Labute approximate surface area is 115 Å². The van der Waals surface area contributed by atoms with Gasteiger partial charge in [0.1, 0.15) is 6.04 Å². The number of aliphatic hydroxyl groups is 1. The van der Waals surface area contributed by atoms with Gasteiger partial charge in [0.15, 0.2) is 0 Å². The van der Waals surface area contributed by atoms with E-state index in [4.69, 9.17) is 0 Å². The van der Waals surface area contributed by atoms with Gasteiger partial charge in [0, 0.05) is 14.0 Å². The van der Waals surface area contributed by atoms with Crippen LogP contribution in [-0.4, -0.2) is 47.1 Å². The number of nitrogens with zero attached hydrogens (tertiary/aromatic N) is 1. The smallest absolute Gasteiger partial charge is 0.245 e. The monoisotopic (exact) mass is 270 g/mol. The van der Waals surface area contributed by atoms with E-state index in [0.29, 0.717) is 0 Å². The number of rotatable bonds is 4. The van der Waals surface area contributed by atoms with Crippen LogP contribution < -0.4 is 5.32 Å². The second-order valence-electron chi connectivity index (χ2n) is 5.79. The summed E-state index contributed by atoms with van der Waals surface area (Å²) in [5.74, 6) is -0.291. The number of hydrogen-bond acceptors (Lipinski definition) is 3. The quantitative estimate of drug-likeness (QED) is 0.797. The fourth-order valence-electron chi connectivity index (χ4n) is 2.66. The SMILES string of the molecule is CC(=O)NC(C(=O)N(C)C1CCCCC1O)C(C)C. The molecule has 2 amide bonds. The second kappa shape index (κ2) is 6.89. The summed E-state index contributed by atoms with van der Waals surface area (Å²) in [6.07, 6.45) is 3.17. The lowest BCUT2D eigenvalue weighted by atomic mass is 9.90. The van der Waals surface area contributed by atoms with E-state index in [0.717, 1.165) is 25.7 Å². The molecule has 110 valence electrons. The average Bonchev–Trinajstić information content (AvgIpc) is 2.34. The van der Waals surface area contributed by atoms with Gasteiger partial charge in [0.05, 0.1) is 12.1 Å². The van der Waals surface area contributed by atoms with Crippen LogP contribution in [-0.2, 0) is 9.59 Å². The Morgan fingerprint density at radius 1 is 1.26 bits per heavy atom. The molecule has 0 aromatic rings. The molecule has 2 N–H and O–H groups in total. The zero-order valence-electron chi connectivity index (χ0n) is 12.3. The van der Waals surface area contributed by atoms with E-state index in [1.54, 1.807) is 11.9 Å². The van der Waals surface area contributed by atoms with Crippen LogP contribution in [0.1, 0.15) is 46.5 Å². The molecule has 0 heterocycles. The lowest BCUT2D eigenvalue weighted by Crippen LogP contribution is -2.55. The Bertz CT molecular complexity index is 331. The Morgan fingerprint density at radius 2 is 1.84 bits per heavy atom. The minimum atomic E-state index is -0.517. The molecule has 0 saturated heterocycles. The van der Waals surface area contributed by atoms with Crippen LogP contribution in [0.25, 0.3) is 0 Å². The van der Waals surface area contributed by atoms with Crippen LogP contribution in [0.3, 0.4) is 0 Å². The normalized spacial score (nSPS) is 24.9. The predicted molar refractivity (Wildman–Crippen MR) is 73.5 cm³/mol. The Kier molecular flexibility index (Phi) is 5.79. The highest BCUT2D eigenvalue weighted by atomic mass is 16.3. The second-order valence-corrected chi connectivity index (χ2v) is 5.79. The highest BCUT2D eigenvalue weighted by molar-refractivity contribution is 5.87. The number of nitrogens with one attached hydrogen (secondary N) is 1. The fourth-order valence-corrected chi connectivity index (χ4v) is 2.66. The van der Waals surface area contributed by atoms with Gasteiger partial charge in [-0.2, -0.15) is 0 Å². The molecule has 0 radical (unpaired) electrons. The molecule has 0 spiro atoms. The zero-order chi connectivity index (χ0) is 14.6. The van der Waals surface area contributed by atoms with E-state index in [2.05, 4.69) is 5.32 Å². The molecule has 0 aromatic heterocycles. The molecule has 0 bridgehead atoms. The van der Waals surface area contributed by atoms with Gasteiger partial charge >= 0.3 is 0 Å². The van der Waals surface area contributed by atoms with Crippen molar-refractivity contribution in [3.63, 3.8) is 0 Å². The molecule has 19 heavy (non-hydrogen) atoms. The van der Waals surface area contributed by atoms with E-state index < -0.39 is 12.1 Å². The Hall–Kier alpha value is -1.10. The van der Waals surface area contributed by atoms with Crippen LogP contribution in [0.5, 0.6) is 0 Å². The first-order valence-corrected chi connectivity index (χ1v) is 7.06. The molecule has 5 nitrogen and oxygen atoms in total. The maximum atomic E-state index is 12.5. The molecular weight excluding hydrogens is 244 g/mol. The number of carbonyl (C=O) groups is 2. The zero-order valence-corrected chi connectivity index (χ0v) is 12.3. The van der Waals surface area contributed by atoms with Crippen LogP contribution in [0, 0.1) is 5.92 Å². The van der Waals surface area contributed by atoms with Crippen molar-refractivity contribution in [3.05, 3.63) is 0 Å². The van der Waals surface area contributed by atoms with Crippen molar-refractivity contribution in [1.29, 1.82) is 0 Å². The molecule has 1 aliphatic carbocycles. The summed E-state index contributed by atoms with van der Waals surface area (Å²) in [6, 6.07) is -0.645. The summed E-state index contributed by atoms with van der Waals surface area (Å²) in [6.45, 7) is 5.23. The lowest BCUT2D eigenvalue weighted by Gasteiger charge is -2.37. The van der Waals surface area contributed by atoms with Gasteiger partial charge in [-0.05, 0) is 18.8 Å². The minimum Gasteiger partial charge on any atom is -0.391 e. The van der Waals surface area contributed by atoms with Crippen LogP contribution >= 0.6 is 0 Å². The first-order chi connectivity index (χ1) is 8.84. The van der Waals surface area contributed by atoms with E-state index in [9.17, 15) is 14.7 Å². The van der Waals surface area contributed by atoms with Gasteiger partial charge in [0.25, 0.3) is 0 Å². The van der Waals surface area contributed by atoms with Crippen molar-refractivity contribution in [2.45, 2.75) is 64.6 Å². The van der Waals surface area contributed by atoms with E-state index in [-0.39, 0.29) is 23.8 Å². The van der Waals surface area contributed by atoms with Crippen molar-refractivity contribution in [2.24, 2.45) is 5.92 Å². The third-order valence-corrected chi connectivity index (χ3v) is 3.83. The van der Waals surface area contributed by atoms with Crippen LogP contribution in [0.4, 0.5) is 0 Å². The van der Waals surface area contributed by atoms with Gasteiger partial charge in [-0.3, -0.25) is 9.59 Å². The molecule has 3 atom stereocenters. The summed E-state index contributed by atoms with van der Waals surface area (Å²) >= 11 is 0. The van der Waals surface area contributed by atoms with Gasteiger partial charge in [-0.15, -0.1) is 0 Å². The molecule has 1 saturated carbocycles. The number of amides is 2. The number of hydrogen-bond donors (Lipinski definition) is 2. The predicted octanol–water partition coefficient (Wildman–Crippen LogP) is 0.909. The summed E-state index contributed by atoms with van der Waals surface area (Å²) in [7, 11) is 1.72. The highest BCUT2D eigenvalue weighted by Gasteiger charge is 2.34. The van der Waals surface area contributed by atoms with Gasteiger partial charge in [0.2, 0.25) is 11.8 Å². The molecule has 1 fully saturated rings. The van der Waals surface area contributed by atoms with Crippen molar-refractivity contribution in [1.82, 2.24) is 10.2 Å². The summed E-state index contributed by atoms with van der Waals surface area (Å²) in [5, 5.41) is 12.7. The summed E-state index contributed by atoms with van der Waals surface area (Å²) in [5.41, 5.74) is 0. The molecule has 3 unspecified atom stereocenters. The number of likely N-dealkylation sites (N-methyl/N-ethyl adjacent to an activating group) is 1. The molecule has 1 aliphatic rings. The van der Waals surface area contributed by atoms with Crippen molar-refractivity contribution >= 4 is 11.8 Å². The largest absolute Gasteiger partial charge is 0.391 e. The van der Waals surface area contributed by atoms with E-state index in [1.165, 1.54) is 6.92 Å². The van der Waals surface area contributed by atoms with Crippen molar-refractivity contribution in [2.75, 3.05) is 7.05 Å². The maximum Gasteiger partial charge on any atom is 0.245 e. The highest BCUT2D eigenvalue weighted by Crippen LogP contribution is 2.23. The first-order valence-electron chi connectivity index (χ1n) is 7.06. The van der Waals surface area contributed by atoms with Crippen molar-refractivity contribution in [3.8, 4) is 0 Å². The fraction of sp³-hybridized carbons (Fsp3) is 0.857. The van der Waals surface area contributed by atoms with E-state index >= 15 is 0 Å². The van der Waals surface area contributed by atoms with Crippen LogP contribution in [0.15, 0.2) is 0 Å². The van der Waals surface area contributed by atoms with Crippen LogP contribution in [0.2, 0.25) is 0 Å². The first kappa shape index (κ1) is 16.0. The molecular formula is C14H26N2O3. The number of aliphatic hydroxyl groups excluding tert-OH is 1. The maximum absolute atomic E-state index is 12.5. The average molecular weight is 270 g/mol. The van der Waals surface area contributed by atoms with Gasteiger partial charge in [-0.25, -0.2) is 0 Å². The number of carbonyl (C=O) groups excluding carboxylic acids is 2. The Morgan fingerprint density at radius 3 is 2.32 bits per heavy atom. The standard InChI is InChI=1S/C14H26N2O3/c1-9(2)13(15-10(3)17)14(19)16(4)11-7-5-6-8-12(11)18/h9,11-13,18H,5-8H2,1-4H3,(H,15,17). The molecule has 1 rings (SSSR count). The lowest BCUT2D eigenvalue weighted by molar-refractivity contribution is -0.141. The van der Waals surface area contributed by atoms with Crippen molar-refractivity contribution < 1.29 is 14.7 Å². The Balaban J connectivity index is 2.74. The summed E-state index contributed by atoms with van der Waals surface area (Å²) < 4.78 is 0.